The summed E-state index contributed by atoms with van der Waals surface area (Å²) in [6.45, 7) is 6.84. The van der Waals surface area contributed by atoms with E-state index in [1.807, 2.05) is 0 Å². The van der Waals surface area contributed by atoms with Gasteiger partial charge in [-0.05, 0) is 55.7 Å². The summed E-state index contributed by atoms with van der Waals surface area (Å²) in [7, 11) is 0. The number of aryl methyl sites for hydroxylation is 3. The molecule has 2 rings (SSSR count). The fourth-order valence-electron chi connectivity index (χ4n) is 2.31. The van der Waals surface area contributed by atoms with Gasteiger partial charge in [-0.2, -0.15) is 0 Å². The zero-order valence-electron chi connectivity index (χ0n) is 11.3. The van der Waals surface area contributed by atoms with E-state index in [1.54, 1.807) is 12.1 Å². The Kier molecular flexibility index (Phi) is 4.11. The molecule has 0 atom stereocenters. The lowest BCUT2D eigenvalue weighted by Gasteiger charge is -2.13. The second-order valence-electron chi connectivity index (χ2n) is 4.85. The molecule has 0 aliphatic heterocycles. The number of nitrogens with one attached hydrogen (secondary N) is 1. The Morgan fingerprint density at radius 3 is 2.26 bits per heavy atom. The Bertz CT molecular complexity index is 585. The van der Waals surface area contributed by atoms with Crippen molar-refractivity contribution in [2.45, 2.75) is 27.3 Å². The summed E-state index contributed by atoms with van der Waals surface area (Å²) in [6, 6.07) is 8.95. The molecule has 0 heterocycles. The second kappa shape index (κ2) is 5.62. The second-order valence-corrected chi connectivity index (χ2v) is 5.29. The van der Waals surface area contributed by atoms with Gasteiger partial charge in [-0.1, -0.05) is 29.3 Å². The summed E-state index contributed by atoms with van der Waals surface area (Å²) < 4.78 is 13.7. The van der Waals surface area contributed by atoms with Crippen molar-refractivity contribution in [1.82, 2.24) is 0 Å². The van der Waals surface area contributed by atoms with Crippen LogP contribution in [0.25, 0.3) is 0 Å². The van der Waals surface area contributed by atoms with Gasteiger partial charge in [-0.3, -0.25) is 0 Å². The molecule has 19 heavy (non-hydrogen) atoms. The molecule has 0 unspecified atom stereocenters. The first-order valence-electron chi connectivity index (χ1n) is 6.23. The highest BCUT2D eigenvalue weighted by atomic mass is 35.5. The minimum absolute atomic E-state index is 0.324. The number of halogens is 2. The topological polar surface area (TPSA) is 12.0 Å². The molecular weight excluding hydrogens is 261 g/mol. The summed E-state index contributed by atoms with van der Waals surface area (Å²) in [5, 5.41) is 3.53. The van der Waals surface area contributed by atoms with Gasteiger partial charge in [0.2, 0.25) is 0 Å². The van der Waals surface area contributed by atoms with Gasteiger partial charge >= 0.3 is 0 Å². The normalized spacial score (nSPS) is 10.6. The van der Waals surface area contributed by atoms with Crippen LogP contribution in [-0.2, 0) is 6.54 Å². The summed E-state index contributed by atoms with van der Waals surface area (Å²) in [5.41, 5.74) is 5.37. The Morgan fingerprint density at radius 2 is 1.68 bits per heavy atom. The van der Waals surface area contributed by atoms with Crippen LogP contribution in [0.4, 0.5) is 10.1 Å². The maximum atomic E-state index is 13.7. The third-order valence-electron chi connectivity index (χ3n) is 3.23. The maximum absolute atomic E-state index is 13.7. The van der Waals surface area contributed by atoms with E-state index in [9.17, 15) is 4.39 Å². The smallest absolute Gasteiger partial charge is 0.147 e. The molecule has 0 fully saturated rings. The molecule has 0 radical (unpaired) electrons. The zero-order chi connectivity index (χ0) is 14.0. The molecule has 0 saturated heterocycles. The largest absolute Gasteiger partial charge is 0.379 e. The molecule has 2 aromatic carbocycles. The van der Waals surface area contributed by atoms with Crippen LogP contribution in [0.15, 0.2) is 30.3 Å². The lowest BCUT2D eigenvalue weighted by Crippen LogP contribution is -2.05. The number of hydrogen-bond donors (Lipinski definition) is 1. The van der Waals surface area contributed by atoms with E-state index >= 15 is 0 Å². The monoisotopic (exact) mass is 277 g/mol. The predicted octanol–water partition coefficient (Wildman–Crippen LogP) is 5.02. The summed E-state index contributed by atoms with van der Waals surface area (Å²) in [6.07, 6.45) is 0. The van der Waals surface area contributed by atoms with Crippen LogP contribution in [0.3, 0.4) is 0 Å². The molecule has 2 aromatic rings. The highest BCUT2D eigenvalue weighted by molar-refractivity contribution is 6.30. The summed E-state index contributed by atoms with van der Waals surface area (Å²) in [4.78, 5) is 0. The molecule has 0 bridgehead atoms. The Hall–Kier alpha value is -1.54. The third kappa shape index (κ3) is 3.27. The van der Waals surface area contributed by atoms with Crippen LogP contribution in [-0.4, -0.2) is 0 Å². The standard InChI is InChI=1S/C16H17ClFN/c1-10-6-11(2)14(12(3)7-10)9-19-16-5-4-13(17)8-15(16)18/h4-8,19H,9H2,1-3H3. The molecule has 0 aliphatic rings. The fraction of sp³-hybridized carbons (Fsp3) is 0.250. The predicted molar refractivity (Wildman–Crippen MR) is 79.4 cm³/mol. The van der Waals surface area contributed by atoms with Gasteiger partial charge in [-0.25, -0.2) is 4.39 Å². The quantitative estimate of drug-likeness (QED) is 0.831. The van der Waals surface area contributed by atoms with Crippen LogP contribution < -0.4 is 5.32 Å². The first-order valence-corrected chi connectivity index (χ1v) is 6.61. The minimum Gasteiger partial charge on any atom is -0.379 e. The van der Waals surface area contributed by atoms with E-state index < -0.39 is 0 Å². The molecule has 100 valence electrons. The molecule has 1 nitrogen and oxygen atoms in total. The van der Waals surface area contributed by atoms with E-state index in [0.717, 1.165) is 0 Å². The number of hydrogen-bond acceptors (Lipinski definition) is 1. The van der Waals surface area contributed by atoms with Crippen molar-refractivity contribution in [3.8, 4) is 0 Å². The van der Waals surface area contributed by atoms with E-state index in [4.69, 9.17) is 11.6 Å². The number of anilines is 1. The summed E-state index contributed by atoms with van der Waals surface area (Å²) >= 11 is 5.73. The Labute approximate surface area is 118 Å². The molecule has 0 spiro atoms. The van der Waals surface area contributed by atoms with Gasteiger partial charge < -0.3 is 5.32 Å². The molecule has 3 heteroatoms. The van der Waals surface area contributed by atoms with E-state index in [1.165, 1.54) is 28.3 Å². The van der Waals surface area contributed by atoms with Crippen molar-refractivity contribution in [2.24, 2.45) is 0 Å². The molecule has 0 amide bonds. The number of benzene rings is 2. The highest BCUT2D eigenvalue weighted by Crippen LogP contribution is 2.22. The Morgan fingerprint density at radius 1 is 1.05 bits per heavy atom. The highest BCUT2D eigenvalue weighted by Gasteiger charge is 2.06. The first kappa shape index (κ1) is 13.9. The molecule has 0 aliphatic carbocycles. The van der Waals surface area contributed by atoms with Crippen molar-refractivity contribution in [3.05, 3.63) is 63.4 Å². The zero-order valence-corrected chi connectivity index (χ0v) is 12.1. The number of rotatable bonds is 3. The van der Waals surface area contributed by atoms with Gasteiger partial charge in [0.15, 0.2) is 0 Å². The minimum atomic E-state index is -0.324. The lowest BCUT2D eigenvalue weighted by atomic mass is 10.00. The molecule has 0 aromatic heterocycles. The van der Waals surface area contributed by atoms with Gasteiger partial charge in [0.1, 0.15) is 5.82 Å². The van der Waals surface area contributed by atoms with Crippen molar-refractivity contribution < 1.29 is 4.39 Å². The average molecular weight is 278 g/mol. The van der Waals surface area contributed by atoms with Crippen LogP contribution in [0.2, 0.25) is 5.02 Å². The van der Waals surface area contributed by atoms with Gasteiger partial charge in [-0.15, -0.1) is 0 Å². The van der Waals surface area contributed by atoms with E-state index in [-0.39, 0.29) is 5.82 Å². The first-order chi connectivity index (χ1) is 8.97. The van der Waals surface area contributed by atoms with Crippen molar-refractivity contribution in [1.29, 1.82) is 0 Å². The lowest BCUT2D eigenvalue weighted by molar-refractivity contribution is 0.630. The van der Waals surface area contributed by atoms with E-state index in [0.29, 0.717) is 17.3 Å². The van der Waals surface area contributed by atoms with Gasteiger partial charge in [0, 0.05) is 11.6 Å². The van der Waals surface area contributed by atoms with Crippen LogP contribution in [0, 0.1) is 26.6 Å². The molecular formula is C16H17ClFN. The van der Waals surface area contributed by atoms with E-state index in [2.05, 4.69) is 38.2 Å². The van der Waals surface area contributed by atoms with Gasteiger partial charge in [0.25, 0.3) is 0 Å². The molecule has 1 N–H and O–H groups in total. The average Bonchev–Trinajstić information content (AvgIpc) is 2.30. The van der Waals surface area contributed by atoms with Crippen LogP contribution >= 0.6 is 11.6 Å². The molecule has 0 saturated carbocycles. The van der Waals surface area contributed by atoms with Crippen molar-refractivity contribution in [2.75, 3.05) is 5.32 Å². The fourth-order valence-corrected chi connectivity index (χ4v) is 2.46. The Balaban J connectivity index is 2.19. The van der Waals surface area contributed by atoms with Crippen molar-refractivity contribution >= 4 is 17.3 Å². The maximum Gasteiger partial charge on any atom is 0.147 e. The summed E-state index contributed by atoms with van der Waals surface area (Å²) in [5.74, 6) is -0.324. The van der Waals surface area contributed by atoms with Crippen LogP contribution in [0.5, 0.6) is 0 Å². The van der Waals surface area contributed by atoms with Gasteiger partial charge in [0.05, 0.1) is 5.69 Å². The third-order valence-corrected chi connectivity index (χ3v) is 3.46. The van der Waals surface area contributed by atoms with Crippen molar-refractivity contribution in [3.63, 3.8) is 0 Å². The van der Waals surface area contributed by atoms with Crippen LogP contribution in [0.1, 0.15) is 22.3 Å². The SMILES string of the molecule is Cc1cc(C)c(CNc2ccc(Cl)cc2F)c(C)c1.